The van der Waals surface area contributed by atoms with E-state index in [2.05, 4.69) is 38.1 Å². The van der Waals surface area contributed by atoms with Crippen LogP contribution in [0, 0.1) is 18.3 Å². The van der Waals surface area contributed by atoms with Crippen molar-refractivity contribution in [3.05, 3.63) is 32.9 Å². The van der Waals surface area contributed by atoms with Gasteiger partial charge in [-0.1, -0.05) is 6.08 Å². The first-order chi connectivity index (χ1) is 8.59. The Morgan fingerprint density at radius 3 is 2.83 bits per heavy atom. The zero-order valence-electron chi connectivity index (χ0n) is 10.3. The number of rotatable bonds is 4. The third kappa shape index (κ3) is 2.91. The lowest BCUT2D eigenvalue weighted by Gasteiger charge is -2.24. The summed E-state index contributed by atoms with van der Waals surface area (Å²) in [5.74, 6) is 1.33. The van der Waals surface area contributed by atoms with Crippen molar-refractivity contribution in [1.82, 2.24) is 0 Å². The summed E-state index contributed by atoms with van der Waals surface area (Å²) >= 11 is 11.3. The molecule has 2 atom stereocenters. The molecule has 0 aliphatic carbocycles. The van der Waals surface area contributed by atoms with Gasteiger partial charge in [0.2, 0.25) is 0 Å². The molecule has 18 heavy (non-hydrogen) atoms. The molecule has 0 saturated heterocycles. The average Bonchev–Trinajstić information content (AvgIpc) is 2.90. The molecule has 0 bridgehead atoms. The zero-order valence-corrected chi connectivity index (χ0v) is 13.5. The quantitative estimate of drug-likeness (QED) is 0.745. The molecule has 0 spiro atoms. The van der Waals surface area contributed by atoms with Crippen LogP contribution in [0.3, 0.4) is 0 Å². The molecule has 5 heteroatoms. The summed E-state index contributed by atoms with van der Waals surface area (Å²) in [7, 11) is 0. The fraction of sp³-hybridized carbons (Fsp3) is 0.462. The second kappa shape index (κ2) is 5.92. The number of alkyl halides is 1. The monoisotopic (exact) mass is 315 g/mol. The molecule has 2 heterocycles. The number of thioether (sulfide) groups is 2. The van der Waals surface area contributed by atoms with E-state index in [1.807, 2.05) is 23.1 Å². The third-order valence-electron chi connectivity index (χ3n) is 2.78. The Balaban J connectivity index is 2.05. The van der Waals surface area contributed by atoms with Gasteiger partial charge in [0, 0.05) is 15.5 Å². The van der Waals surface area contributed by atoms with Crippen molar-refractivity contribution < 1.29 is 0 Å². The molecule has 2 unspecified atom stereocenters. The van der Waals surface area contributed by atoms with Crippen molar-refractivity contribution in [2.75, 3.05) is 5.88 Å². The van der Waals surface area contributed by atoms with E-state index in [0.717, 1.165) is 5.75 Å². The van der Waals surface area contributed by atoms with E-state index < -0.39 is 4.75 Å². The third-order valence-corrected chi connectivity index (χ3v) is 7.38. The van der Waals surface area contributed by atoms with Gasteiger partial charge in [0.1, 0.15) is 4.75 Å². The topological polar surface area (TPSA) is 23.8 Å². The lowest BCUT2D eigenvalue weighted by molar-refractivity contribution is 0.860. The van der Waals surface area contributed by atoms with E-state index in [4.69, 9.17) is 11.6 Å². The van der Waals surface area contributed by atoms with Gasteiger partial charge in [-0.2, -0.15) is 5.26 Å². The van der Waals surface area contributed by atoms with Crippen LogP contribution in [0.25, 0.3) is 0 Å². The Bertz CT molecular complexity index is 503. The minimum absolute atomic E-state index is 0.187. The maximum absolute atomic E-state index is 9.41. The molecule has 1 aromatic rings. The van der Waals surface area contributed by atoms with Crippen LogP contribution in [-0.2, 0) is 5.75 Å². The molecule has 1 nitrogen and oxygen atoms in total. The van der Waals surface area contributed by atoms with Gasteiger partial charge in [-0.05, 0) is 30.9 Å². The van der Waals surface area contributed by atoms with Crippen LogP contribution >= 0.6 is 46.5 Å². The second-order valence-electron chi connectivity index (χ2n) is 4.26. The largest absolute Gasteiger partial charge is 0.197 e. The Morgan fingerprint density at radius 2 is 2.28 bits per heavy atom. The van der Waals surface area contributed by atoms with Crippen LogP contribution in [0.1, 0.15) is 16.7 Å². The van der Waals surface area contributed by atoms with Crippen molar-refractivity contribution >= 4 is 46.5 Å². The van der Waals surface area contributed by atoms with Crippen LogP contribution in [0.15, 0.2) is 23.1 Å². The zero-order chi connectivity index (χ0) is 13.2. The Kier molecular flexibility index (Phi) is 4.71. The van der Waals surface area contributed by atoms with Crippen molar-refractivity contribution in [3.8, 4) is 6.07 Å². The number of hydrogen-bond donors (Lipinski definition) is 0. The molecule has 2 rings (SSSR count). The van der Waals surface area contributed by atoms with Crippen molar-refractivity contribution in [3.63, 3.8) is 0 Å². The minimum Gasteiger partial charge on any atom is -0.197 e. The van der Waals surface area contributed by atoms with Gasteiger partial charge >= 0.3 is 0 Å². The lowest BCUT2D eigenvalue weighted by Crippen LogP contribution is -2.33. The number of thiophene rings is 1. The standard InChI is InChI=1S/C13H14ClNS3/c1-9-3-4-11(17-9)6-16-12-5-10(2)18-13(12,7-14)8-15/h3-5,12H,6-7H2,1-2H3. The van der Waals surface area contributed by atoms with Gasteiger partial charge in [0.25, 0.3) is 0 Å². The summed E-state index contributed by atoms with van der Waals surface area (Å²) in [5.41, 5.74) is 0. The highest BCUT2D eigenvalue weighted by Gasteiger charge is 2.43. The molecule has 0 aromatic carbocycles. The molecule has 1 aromatic heterocycles. The number of allylic oxidation sites excluding steroid dienone is 1. The molecule has 0 amide bonds. The molecule has 96 valence electrons. The molecular weight excluding hydrogens is 302 g/mol. The number of hydrogen-bond acceptors (Lipinski definition) is 4. The maximum atomic E-state index is 9.41. The average molecular weight is 316 g/mol. The Hall–Kier alpha value is -0.0800. The highest BCUT2D eigenvalue weighted by Crippen LogP contribution is 2.48. The SMILES string of the molecule is CC1=CC(SCc2ccc(C)s2)C(C#N)(CCl)S1. The second-order valence-corrected chi connectivity index (χ2v) is 8.60. The first-order valence-corrected chi connectivity index (χ1v) is 8.83. The van der Waals surface area contributed by atoms with Gasteiger partial charge in [-0.25, -0.2) is 0 Å². The van der Waals surface area contributed by atoms with Crippen LogP contribution in [0.5, 0.6) is 0 Å². The Labute approximate surface area is 126 Å². The fourth-order valence-electron chi connectivity index (χ4n) is 1.86. The minimum atomic E-state index is -0.484. The van der Waals surface area contributed by atoms with Crippen LogP contribution < -0.4 is 0 Å². The molecule has 1 aliphatic heterocycles. The van der Waals surface area contributed by atoms with E-state index in [0.29, 0.717) is 5.88 Å². The summed E-state index contributed by atoms with van der Waals surface area (Å²) in [6.07, 6.45) is 2.18. The van der Waals surface area contributed by atoms with Crippen molar-refractivity contribution in [1.29, 1.82) is 5.26 Å². The number of nitrogens with zero attached hydrogens (tertiary/aromatic N) is 1. The fourth-order valence-corrected chi connectivity index (χ4v) is 6.11. The van der Waals surface area contributed by atoms with Crippen LogP contribution in [0.2, 0.25) is 0 Å². The summed E-state index contributed by atoms with van der Waals surface area (Å²) in [5, 5.41) is 9.59. The smallest absolute Gasteiger partial charge is 0.135 e. The van der Waals surface area contributed by atoms with E-state index in [9.17, 15) is 5.26 Å². The lowest BCUT2D eigenvalue weighted by atomic mass is 10.1. The van der Waals surface area contributed by atoms with Crippen molar-refractivity contribution in [2.45, 2.75) is 29.6 Å². The molecule has 0 N–H and O–H groups in total. The normalized spacial score (nSPS) is 27.0. The predicted molar refractivity (Wildman–Crippen MR) is 84.6 cm³/mol. The van der Waals surface area contributed by atoms with Gasteiger partial charge < -0.3 is 0 Å². The van der Waals surface area contributed by atoms with E-state index in [1.165, 1.54) is 14.7 Å². The first kappa shape index (κ1) is 14.3. The van der Waals surface area contributed by atoms with E-state index in [1.54, 1.807) is 11.8 Å². The maximum Gasteiger partial charge on any atom is 0.135 e. The van der Waals surface area contributed by atoms with Gasteiger partial charge in [0.15, 0.2) is 0 Å². The highest BCUT2D eigenvalue weighted by molar-refractivity contribution is 8.07. The van der Waals surface area contributed by atoms with Crippen LogP contribution in [0.4, 0.5) is 0 Å². The van der Waals surface area contributed by atoms with Gasteiger partial charge in [-0.3, -0.25) is 0 Å². The number of aryl methyl sites for hydroxylation is 1. The summed E-state index contributed by atoms with van der Waals surface area (Å²) in [6, 6.07) is 6.72. The molecule has 0 fully saturated rings. The molecule has 1 aliphatic rings. The molecule has 0 saturated carbocycles. The summed E-state index contributed by atoms with van der Waals surface area (Å²) in [4.78, 5) is 3.90. The number of halogens is 1. The van der Waals surface area contributed by atoms with Gasteiger partial charge in [0.05, 0.1) is 17.2 Å². The predicted octanol–water partition coefficient (Wildman–Crippen LogP) is 4.81. The summed E-state index contributed by atoms with van der Waals surface area (Å²) in [6.45, 7) is 4.17. The molecular formula is C13H14ClNS3. The Morgan fingerprint density at radius 1 is 1.50 bits per heavy atom. The number of nitriles is 1. The van der Waals surface area contributed by atoms with E-state index in [-0.39, 0.29) is 5.25 Å². The highest BCUT2D eigenvalue weighted by atomic mass is 35.5. The first-order valence-electron chi connectivity index (χ1n) is 5.61. The van der Waals surface area contributed by atoms with E-state index >= 15 is 0 Å². The molecule has 0 radical (unpaired) electrons. The van der Waals surface area contributed by atoms with Gasteiger partial charge in [-0.15, -0.1) is 46.5 Å². The van der Waals surface area contributed by atoms with Crippen LogP contribution in [-0.4, -0.2) is 15.9 Å². The summed E-state index contributed by atoms with van der Waals surface area (Å²) < 4.78 is -0.484. The van der Waals surface area contributed by atoms with Crippen molar-refractivity contribution in [2.24, 2.45) is 0 Å².